The van der Waals surface area contributed by atoms with E-state index in [9.17, 15) is 4.79 Å². The van der Waals surface area contributed by atoms with Crippen LogP contribution in [0.2, 0.25) is 0 Å². The molecule has 0 bridgehead atoms. The number of rotatable bonds is 6. The van der Waals surface area contributed by atoms with Crippen molar-refractivity contribution < 1.29 is 14.3 Å². The van der Waals surface area contributed by atoms with Gasteiger partial charge < -0.3 is 14.5 Å². The number of H-pyrrole nitrogens is 1. The third-order valence-corrected chi connectivity index (χ3v) is 5.35. The van der Waals surface area contributed by atoms with E-state index in [-0.39, 0.29) is 12.1 Å². The first-order chi connectivity index (χ1) is 11.7. The summed E-state index contributed by atoms with van der Waals surface area (Å²) < 4.78 is 11.7. The molecular weight excluding hydrogens is 304 g/mol. The zero-order valence-electron chi connectivity index (χ0n) is 14.9. The fourth-order valence-corrected chi connectivity index (χ4v) is 4.06. The molecule has 5 nitrogen and oxygen atoms in total. The van der Waals surface area contributed by atoms with Crippen LogP contribution < -0.4 is 0 Å². The number of hydrogen-bond donors (Lipinski definition) is 1. The van der Waals surface area contributed by atoms with E-state index >= 15 is 0 Å². The van der Waals surface area contributed by atoms with Gasteiger partial charge in [0.2, 0.25) is 0 Å². The molecule has 4 atom stereocenters. The van der Waals surface area contributed by atoms with Crippen molar-refractivity contribution in [2.75, 3.05) is 6.73 Å². The van der Waals surface area contributed by atoms with Gasteiger partial charge in [0.05, 0.1) is 12.8 Å². The highest BCUT2D eigenvalue weighted by atomic mass is 16.5. The Balaban J connectivity index is 1.63. The SMILES string of the molecule is CCCCC[C@@H]1C[C@@H](OC(=O)c2ccc[nH]2)C[C@H]2C[C@H](C)OCN12. The number of piperidine rings is 1. The molecule has 1 aromatic rings. The predicted molar refractivity (Wildman–Crippen MR) is 92.8 cm³/mol. The van der Waals surface area contributed by atoms with E-state index in [4.69, 9.17) is 9.47 Å². The summed E-state index contributed by atoms with van der Waals surface area (Å²) in [5, 5.41) is 0. The van der Waals surface area contributed by atoms with Gasteiger partial charge in [-0.25, -0.2) is 4.79 Å². The Hall–Kier alpha value is -1.33. The third-order valence-electron chi connectivity index (χ3n) is 5.35. The second-order valence-corrected chi connectivity index (χ2v) is 7.24. The maximum atomic E-state index is 12.3. The van der Waals surface area contributed by atoms with Gasteiger partial charge in [-0.2, -0.15) is 0 Å². The summed E-state index contributed by atoms with van der Waals surface area (Å²) in [5.41, 5.74) is 0.542. The van der Waals surface area contributed by atoms with Crippen LogP contribution in [0.15, 0.2) is 18.3 Å². The van der Waals surface area contributed by atoms with Crippen molar-refractivity contribution in [1.29, 1.82) is 0 Å². The molecule has 0 radical (unpaired) electrons. The number of carbonyl (C=O) groups is 1. The normalized spacial score (nSPS) is 30.8. The molecular formula is C19H30N2O3. The molecule has 2 aliphatic heterocycles. The van der Waals surface area contributed by atoms with Crippen LogP contribution in [-0.4, -0.2) is 46.9 Å². The Morgan fingerprint density at radius 3 is 3.00 bits per heavy atom. The van der Waals surface area contributed by atoms with Crippen LogP contribution in [0.25, 0.3) is 0 Å². The van der Waals surface area contributed by atoms with Crippen molar-refractivity contribution >= 4 is 5.97 Å². The molecule has 1 N–H and O–H groups in total. The lowest BCUT2D eigenvalue weighted by atomic mass is 9.87. The molecule has 0 aromatic carbocycles. The second kappa shape index (κ2) is 8.17. The number of nitrogens with one attached hydrogen (secondary N) is 1. The minimum Gasteiger partial charge on any atom is -0.458 e. The lowest BCUT2D eigenvalue weighted by Crippen LogP contribution is -2.56. The van der Waals surface area contributed by atoms with E-state index in [2.05, 4.69) is 23.7 Å². The van der Waals surface area contributed by atoms with Crippen LogP contribution >= 0.6 is 0 Å². The highest BCUT2D eigenvalue weighted by Gasteiger charge is 2.40. The van der Waals surface area contributed by atoms with Gasteiger partial charge in [0.15, 0.2) is 0 Å². The molecule has 3 rings (SSSR count). The molecule has 2 saturated heterocycles. The van der Waals surface area contributed by atoms with Crippen molar-refractivity contribution in [2.45, 2.75) is 83.1 Å². The number of fused-ring (bicyclic) bond motifs is 1. The number of aromatic nitrogens is 1. The first kappa shape index (κ1) is 17.5. The molecule has 24 heavy (non-hydrogen) atoms. The zero-order chi connectivity index (χ0) is 16.9. The Labute approximate surface area is 144 Å². The van der Waals surface area contributed by atoms with E-state index in [0.29, 0.717) is 23.9 Å². The first-order valence-corrected chi connectivity index (χ1v) is 9.39. The minimum absolute atomic E-state index is 0.0129. The van der Waals surface area contributed by atoms with Crippen LogP contribution in [0, 0.1) is 0 Å². The van der Waals surface area contributed by atoms with E-state index in [1.165, 1.54) is 25.7 Å². The summed E-state index contributed by atoms with van der Waals surface area (Å²) in [4.78, 5) is 17.7. The first-order valence-electron chi connectivity index (χ1n) is 9.39. The zero-order valence-corrected chi connectivity index (χ0v) is 14.9. The molecule has 0 aliphatic carbocycles. The monoisotopic (exact) mass is 334 g/mol. The molecule has 0 unspecified atom stereocenters. The number of esters is 1. The maximum absolute atomic E-state index is 12.3. The molecule has 1 aromatic heterocycles. The van der Waals surface area contributed by atoms with Gasteiger partial charge in [-0.1, -0.05) is 26.2 Å². The average molecular weight is 334 g/mol. The van der Waals surface area contributed by atoms with E-state index in [0.717, 1.165) is 26.0 Å². The van der Waals surface area contributed by atoms with Crippen LogP contribution in [0.5, 0.6) is 0 Å². The van der Waals surface area contributed by atoms with Gasteiger partial charge in [0, 0.05) is 31.1 Å². The van der Waals surface area contributed by atoms with Crippen molar-refractivity contribution in [3.63, 3.8) is 0 Å². The van der Waals surface area contributed by atoms with Gasteiger partial charge >= 0.3 is 5.97 Å². The largest absolute Gasteiger partial charge is 0.458 e. The standard InChI is InChI=1S/C19H30N2O3/c1-3-4-5-7-15-11-17(24-19(22)18-8-6-9-20-18)12-16-10-14(2)23-13-21(15)16/h6,8-9,14-17,20H,3-5,7,10-13H2,1-2H3/t14-,15+,16+,17+/m0/s1. The summed E-state index contributed by atoms with van der Waals surface area (Å²) in [5.74, 6) is -0.231. The van der Waals surface area contributed by atoms with Crippen molar-refractivity contribution in [3.8, 4) is 0 Å². The second-order valence-electron chi connectivity index (χ2n) is 7.24. The summed E-state index contributed by atoms with van der Waals surface area (Å²) >= 11 is 0. The summed E-state index contributed by atoms with van der Waals surface area (Å²) in [7, 11) is 0. The van der Waals surface area contributed by atoms with E-state index in [1.54, 1.807) is 12.3 Å². The Morgan fingerprint density at radius 1 is 1.38 bits per heavy atom. The van der Waals surface area contributed by atoms with Gasteiger partial charge in [-0.15, -0.1) is 0 Å². The molecule has 2 fully saturated rings. The Morgan fingerprint density at radius 2 is 2.25 bits per heavy atom. The van der Waals surface area contributed by atoms with Gasteiger partial charge in [0.1, 0.15) is 11.8 Å². The van der Waals surface area contributed by atoms with Crippen molar-refractivity contribution in [1.82, 2.24) is 9.88 Å². The maximum Gasteiger partial charge on any atom is 0.355 e. The van der Waals surface area contributed by atoms with E-state index < -0.39 is 0 Å². The average Bonchev–Trinajstić information content (AvgIpc) is 3.09. The number of nitrogens with zero attached hydrogens (tertiary/aromatic N) is 1. The van der Waals surface area contributed by atoms with Gasteiger partial charge in [0.25, 0.3) is 0 Å². The smallest absolute Gasteiger partial charge is 0.355 e. The topological polar surface area (TPSA) is 54.6 Å². The predicted octanol–water partition coefficient (Wildman–Crippen LogP) is 3.72. The van der Waals surface area contributed by atoms with Crippen LogP contribution in [0.3, 0.4) is 0 Å². The number of unbranched alkanes of at least 4 members (excludes halogenated alkanes) is 2. The minimum atomic E-state index is -0.231. The third kappa shape index (κ3) is 4.19. The molecule has 0 spiro atoms. The van der Waals surface area contributed by atoms with E-state index in [1.807, 2.05) is 6.07 Å². The molecule has 134 valence electrons. The lowest BCUT2D eigenvalue weighted by Gasteiger charge is -2.48. The van der Waals surface area contributed by atoms with Crippen molar-refractivity contribution in [2.24, 2.45) is 0 Å². The quantitative estimate of drug-likeness (QED) is 0.636. The Bertz CT molecular complexity index is 517. The number of aromatic amines is 1. The summed E-state index contributed by atoms with van der Waals surface area (Å²) in [6.07, 6.45) is 9.83. The Kier molecular flexibility index (Phi) is 5.95. The van der Waals surface area contributed by atoms with Gasteiger partial charge in [-0.05, 0) is 31.9 Å². The molecule has 0 saturated carbocycles. The number of hydrogen-bond acceptors (Lipinski definition) is 4. The highest BCUT2D eigenvalue weighted by Crippen LogP contribution is 2.34. The molecule has 3 heterocycles. The molecule has 5 heteroatoms. The number of carbonyl (C=O) groups excluding carboxylic acids is 1. The van der Waals surface area contributed by atoms with Crippen LogP contribution in [0.1, 0.15) is 69.3 Å². The molecule has 2 aliphatic rings. The highest BCUT2D eigenvalue weighted by molar-refractivity contribution is 5.87. The van der Waals surface area contributed by atoms with Gasteiger partial charge in [-0.3, -0.25) is 4.90 Å². The fraction of sp³-hybridized carbons (Fsp3) is 0.737. The lowest BCUT2D eigenvalue weighted by molar-refractivity contribution is -0.140. The summed E-state index contributed by atoms with van der Waals surface area (Å²) in [6.45, 7) is 5.09. The fourth-order valence-electron chi connectivity index (χ4n) is 4.06. The molecule has 0 amide bonds. The van der Waals surface area contributed by atoms with Crippen molar-refractivity contribution in [3.05, 3.63) is 24.0 Å². The summed E-state index contributed by atoms with van der Waals surface area (Å²) in [6, 6.07) is 4.53. The number of ether oxygens (including phenoxy) is 2. The van der Waals surface area contributed by atoms with Crippen LogP contribution in [0.4, 0.5) is 0 Å². The van der Waals surface area contributed by atoms with Crippen LogP contribution in [-0.2, 0) is 9.47 Å².